The number of aryl methyl sites for hydroxylation is 1. The van der Waals surface area contributed by atoms with Crippen molar-refractivity contribution in [3.8, 4) is 0 Å². The van der Waals surface area contributed by atoms with Crippen molar-refractivity contribution in [2.75, 3.05) is 0 Å². The Morgan fingerprint density at radius 2 is 2.00 bits per heavy atom. The lowest BCUT2D eigenvalue weighted by atomic mass is 10.6. The van der Waals surface area contributed by atoms with Crippen LogP contribution in [0.15, 0.2) is 18.5 Å². The van der Waals surface area contributed by atoms with E-state index < -0.39 is 8.72 Å². The molecule has 0 aliphatic heterocycles. The highest BCUT2D eigenvalue weighted by molar-refractivity contribution is 6.74. The molecule has 8 heteroatoms. The number of aromatic nitrogens is 1. The Labute approximate surface area is 101 Å². The highest BCUT2D eigenvalue weighted by Gasteiger charge is 2.16. The highest BCUT2D eigenvalue weighted by atomic mass is 35.6. The van der Waals surface area contributed by atoms with Crippen LogP contribution in [0.25, 0.3) is 0 Å². The van der Waals surface area contributed by atoms with Crippen molar-refractivity contribution in [1.82, 2.24) is 4.57 Å². The molecule has 0 aromatic carbocycles. The van der Waals surface area contributed by atoms with Gasteiger partial charge in [0.05, 0.1) is 11.1 Å². The van der Waals surface area contributed by atoms with E-state index >= 15 is 0 Å². The zero-order chi connectivity index (χ0) is 12.1. The van der Waals surface area contributed by atoms with E-state index in [0.29, 0.717) is 0 Å². The second-order valence-corrected chi connectivity index (χ2v) is 4.82. The van der Waals surface area contributed by atoms with Crippen LogP contribution in [-0.2, 0) is 11.8 Å². The van der Waals surface area contributed by atoms with Crippen molar-refractivity contribution in [3.63, 3.8) is 0 Å². The Kier molecular flexibility index (Phi) is 5.64. The van der Waals surface area contributed by atoms with Crippen molar-refractivity contribution in [1.29, 1.82) is 0 Å². The molecule has 1 aromatic rings. The van der Waals surface area contributed by atoms with E-state index in [0.717, 1.165) is 0 Å². The number of carbonyl (C=O) groups excluding carboxylic acids is 1. The first-order valence-corrected chi connectivity index (χ1v) is 4.69. The number of nitrogens with zero attached hydrogens (tertiary/aromatic N) is 2. The highest BCUT2D eigenvalue weighted by Crippen LogP contribution is 2.21. The monoisotopic (exact) mass is 272 g/mol. The van der Waals surface area contributed by atoms with E-state index in [-0.39, 0.29) is 12.0 Å². The summed E-state index contributed by atoms with van der Waals surface area (Å²) in [6.45, 7) is 0. The van der Waals surface area contributed by atoms with Crippen LogP contribution in [0.5, 0.6) is 0 Å². The number of nitro groups is 1. The number of rotatable bonds is 1. The minimum Gasteiger partial charge on any atom is -0.351 e. The molecule has 0 amide bonds. The van der Waals surface area contributed by atoms with E-state index in [4.69, 9.17) is 34.8 Å². The Bertz CT molecular complexity index is 345. The predicted molar refractivity (Wildman–Crippen MR) is 58.4 cm³/mol. The molecule has 0 saturated heterocycles. The fourth-order valence-electron chi connectivity index (χ4n) is 0.597. The summed E-state index contributed by atoms with van der Waals surface area (Å²) in [5.41, 5.74) is 0.137. The number of aldehydes is 1. The maximum Gasteiger partial charge on any atom is 0.286 e. The van der Waals surface area contributed by atoms with E-state index in [2.05, 4.69) is 0 Å². The van der Waals surface area contributed by atoms with Crippen LogP contribution < -0.4 is 0 Å². The molecule has 0 atom stereocenters. The fraction of sp³-hybridized carbons (Fsp3) is 0.286. The van der Waals surface area contributed by atoms with Gasteiger partial charge in [-0.25, -0.2) is 0 Å². The minimum absolute atomic E-state index is 0.137. The van der Waals surface area contributed by atoms with Gasteiger partial charge in [0.15, 0.2) is 6.29 Å². The molecule has 0 unspecified atom stereocenters. The lowest BCUT2D eigenvalue weighted by molar-refractivity contribution is -0.384. The van der Waals surface area contributed by atoms with Gasteiger partial charge in [-0.2, -0.15) is 0 Å². The van der Waals surface area contributed by atoms with Gasteiger partial charge in [0, 0.05) is 19.3 Å². The van der Waals surface area contributed by atoms with E-state index in [9.17, 15) is 14.9 Å². The Hall–Kier alpha value is -0.780. The van der Waals surface area contributed by atoms with Crippen LogP contribution in [0, 0.1) is 10.1 Å². The van der Waals surface area contributed by atoms with Crippen molar-refractivity contribution in [3.05, 3.63) is 28.6 Å². The smallest absolute Gasteiger partial charge is 0.286 e. The van der Waals surface area contributed by atoms with Crippen molar-refractivity contribution >= 4 is 46.8 Å². The lowest BCUT2D eigenvalue weighted by Gasteiger charge is -1.93. The third-order valence-corrected chi connectivity index (χ3v) is 1.43. The lowest BCUT2D eigenvalue weighted by Crippen LogP contribution is -2.00. The molecule has 84 valence electrons. The number of carbonyl (C=O) groups is 1. The summed E-state index contributed by atoms with van der Waals surface area (Å²) in [6, 6.07) is 1.46. The zero-order valence-electron chi connectivity index (χ0n) is 7.56. The molecular weight excluding hydrogens is 266 g/mol. The van der Waals surface area contributed by atoms with Gasteiger partial charge in [0.25, 0.3) is 5.69 Å². The maximum absolute atomic E-state index is 10.0. The zero-order valence-corrected chi connectivity index (χ0v) is 9.83. The Balaban J connectivity index is 0.000000288. The van der Waals surface area contributed by atoms with E-state index in [1.165, 1.54) is 12.3 Å². The average Bonchev–Trinajstić information content (AvgIpc) is 2.52. The van der Waals surface area contributed by atoms with Gasteiger partial charge in [-0.05, 0) is 0 Å². The van der Waals surface area contributed by atoms with Gasteiger partial charge in [-0.15, -0.1) is 0 Å². The van der Waals surface area contributed by atoms with Gasteiger partial charge in [0.2, 0.25) is 3.79 Å². The number of hydrogen-bond acceptors (Lipinski definition) is 3. The molecule has 0 bridgehead atoms. The summed E-state index contributed by atoms with van der Waals surface area (Å²) in [6.07, 6.45) is 3.33. The van der Waals surface area contributed by atoms with Crippen LogP contribution in [0.2, 0.25) is 0 Å². The predicted octanol–water partition coefficient (Wildman–Crippen LogP) is 2.49. The normalized spacial score (nSPS) is 10.1. The minimum atomic E-state index is -1.72. The van der Waals surface area contributed by atoms with Gasteiger partial charge < -0.3 is 4.57 Å². The van der Waals surface area contributed by atoms with Crippen LogP contribution in [0.1, 0.15) is 0 Å². The molecule has 0 N–H and O–H groups in total. The molecule has 0 spiro atoms. The third kappa shape index (κ3) is 7.18. The van der Waals surface area contributed by atoms with E-state index in [1.807, 2.05) is 0 Å². The summed E-state index contributed by atoms with van der Waals surface area (Å²) in [4.78, 5) is 19.0. The summed E-state index contributed by atoms with van der Waals surface area (Å²) in [7, 11) is 1.74. The summed E-state index contributed by atoms with van der Waals surface area (Å²) in [5.74, 6) is 0. The van der Waals surface area contributed by atoms with Crippen molar-refractivity contribution in [2.45, 2.75) is 3.79 Å². The first-order valence-electron chi connectivity index (χ1n) is 3.55. The van der Waals surface area contributed by atoms with Crippen molar-refractivity contribution < 1.29 is 9.72 Å². The largest absolute Gasteiger partial charge is 0.351 e. The molecule has 5 nitrogen and oxygen atoms in total. The molecule has 15 heavy (non-hydrogen) atoms. The van der Waals surface area contributed by atoms with Gasteiger partial charge >= 0.3 is 0 Å². The van der Waals surface area contributed by atoms with Crippen LogP contribution >= 0.6 is 34.8 Å². The van der Waals surface area contributed by atoms with Gasteiger partial charge in [-0.1, -0.05) is 34.8 Å². The molecule has 1 heterocycles. The summed E-state index contributed by atoms with van der Waals surface area (Å²) >= 11 is 14.6. The molecule has 0 radical (unpaired) electrons. The van der Waals surface area contributed by atoms with Crippen LogP contribution in [0.3, 0.4) is 0 Å². The van der Waals surface area contributed by atoms with E-state index in [1.54, 1.807) is 17.8 Å². The summed E-state index contributed by atoms with van der Waals surface area (Å²) in [5, 5.41) is 10.0. The van der Waals surface area contributed by atoms with Crippen LogP contribution in [-0.4, -0.2) is 19.6 Å². The Morgan fingerprint density at radius 1 is 1.53 bits per heavy atom. The second-order valence-electron chi connectivity index (χ2n) is 2.45. The van der Waals surface area contributed by atoms with Crippen LogP contribution in [0.4, 0.5) is 5.69 Å². The topological polar surface area (TPSA) is 65.1 Å². The first kappa shape index (κ1) is 14.2. The average molecular weight is 274 g/mol. The summed E-state index contributed by atoms with van der Waals surface area (Å²) < 4.78 is -0.0852. The standard InChI is InChI=1S/C5H6N2O2.C2HCl3O/c1-6-3-2-5(4-6)7(8)9;3-2(4,5)1-6/h2-4H,1H3;1H. The van der Waals surface area contributed by atoms with Gasteiger partial charge in [-0.3, -0.25) is 14.9 Å². The molecule has 0 saturated carbocycles. The molecule has 1 rings (SSSR count). The molecule has 0 aliphatic carbocycles. The quantitative estimate of drug-likeness (QED) is 0.342. The molecule has 1 aromatic heterocycles. The number of hydrogen-bond donors (Lipinski definition) is 0. The fourth-order valence-corrected chi connectivity index (χ4v) is 0.597. The Morgan fingerprint density at radius 3 is 2.13 bits per heavy atom. The van der Waals surface area contributed by atoms with Crippen molar-refractivity contribution in [2.24, 2.45) is 7.05 Å². The second kappa shape index (κ2) is 5.95. The molecular formula is C7H7Cl3N2O3. The maximum atomic E-state index is 10.0. The third-order valence-electron chi connectivity index (χ3n) is 1.16. The first-order chi connectivity index (χ1) is 6.76. The molecule has 0 fully saturated rings. The number of halogens is 3. The van der Waals surface area contributed by atoms with Gasteiger partial charge in [0.1, 0.15) is 0 Å². The number of alkyl halides is 3. The SMILES string of the molecule is Cn1ccc([N+](=O)[O-])c1.O=CC(Cl)(Cl)Cl. The molecule has 0 aliphatic rings.